The summed E-state index contributed by atoms with van der Waals surface area (Å²) in [5.41, 5.74) is 3.23. The molecule has 0 radical (unpaired) electrons. The highest BCUT2D eigenvalue weighted by Crippen LogP contribution is 2.21. The fourth-order valence-electron chi connectivity index (χ4n) is 4.17. The highest BCUT2D eigenvalue weighted by molar-refractivity contribution is 5.79. The van der Waals surface area contributed by atoms with E-state index in [9.17, 15) is 9.59 Å². The maximum atomic E-state index is 12.7. The summed E-state index contributed by atoms with van der Waals surface area (Å²) in [6.45, 7) is 12.1. The molecule has 2 amide bonds. The van der Waals surface area contributed by atoms with Crippen LogP contribution in [0.5, 0.6) is 0 Å². The molecule has 2 aromatic rings. The van der Waals surface area contributed by atoms with Gasteiger partial charge in [0.05, 0.1) is 19.1 Å². The molecule has 6 heteroatoms. The van der Waals surface area contributed by atoms with Gasteiger partial charge < -0.3 is 10.6 Å². The van der Waals surface area contributed by atoms with Crippen LogP contribution in [-0.2, 0) is 9.59 Å². The molecular formula is C27H38N4O2. The van der Waals surface area contributed by atoms with E-state index in [1.54, 1.807) is 0 Å². The molecule has 1 aliphatic rings. The Morgan fingerprint density at radius 2 is 1.36 bits per heavy atom. The quantitative estimate of drug-likeness (QED) is 0.678. The van der Waals surface area contributed by atoms with E-state index in [1.165, 1.54) is 11.1 Å². The minimum atomic E-state index is -0.217. The van der Waals surface area contributed by atoms with Crippen molar-refractivity contribution in [2.75, 3.05) is 39.3 Å². The Kier molecular flexibility index (Phi) is 8.64. The van der Waals surface area contributed by atoms with Gasteiger partial charge in [0.1, 0.15) is 0 Å². The first kappa shape index (κ1) is 24.9. The van der Waals surface area contributed by atoms with Gasteiger partial charge in [-0.2, -0.15) is 0 Å². The van der Waals surface area contributed by atoms with Crippen LogP contribution in [0.4, 0.5) is 0 Å². The van der Waals surface area contributed by atoms with Crippen molar-refractivity contribution in [2.45, 2.75) is 45.7 Å². The van der Waals surface area contributed by atoms with Gasteiger partial charge >= 0.3 is 0 Å². The molecule has 0 bridgehead atoms. The number of benzene rings is 2. The largest absolute Gasteiger partial charge is 0.350 e. The molecule has 0 aromatic heterocycles. The van der Waals surface area contributed by atoms with Gasteiger partial charge in [-0.05, 0) is 63.9 Å². The van der Waals surface area contributed by atoms with Gasteiger partial charge in [0.15, 0.2) is 0 Å². The SMILES string of the molecule is CC(NC(=O)CN1CCCN(CC(=O)NC(C)(C)C)CC1)c1ccc(-c2ccccc2)cc1. The number of amides is 2. The molecular weight excluding hydrogens is 412 g/mol. The molecule has 2 N–H and O–H groups in total. The zero-order chi connectivity index (χ0) is 23.8. The lowest BCUT2D eigenvalue weighted by Crippen LogP contribution is -2.46. The second-order valence-corrected chi connectivity index (χ2v) is 9.98. The molecule has 0 aliphatic carbocycles. The first-order valence-corrected chi connectivity index (χ1v) is 11.9. The Labute approximate surface area is 198 Å². The minimum Gasteiger partial charge on any atom is -0.350 e. The lowest BCUT2D eigenvalue weighted by atomic mass is 10.0. The minimum absolute atomic E-state index is 0.0357. The summed E-state index contributed by atoms with van der Waals surface area (Å²) in [6, 6.07) is 18.6. The van der Waals surface area contributed by atoms with Crippen LogP contribution in [0, 0.1) is 0 Å². The third-order valence-electron chi connectivity index (χ3n) is 5.83. The van der Waals surface area contributed by atoms with E-state index < -0.39 is 0 Å². The molecule has 6 nitrogen and oxygen atoms in total. The molecule has 0 saturated carbocycles. The van der Waals surface area contributed by atoms with Crippen LogP contribution in [0.3, 0.4) is 0 Å². The van der Waals surface area contributed by atoms with E-state index in [0.29, 0.717) is 13.1 Å². The van der Waals surface area contributed by atoms with E-state index in [0.717, 1.165) is 38.2 Å². The molecule has 178 valence electrons. The summed E-state index contributed by atoms with van der Waals surface area (Å²) in [4.78, 5) is 29.3. The maximum absolute atomic E-state index is 12.7. The summed E-state index contributed by atoms with van der Waals surface area (Å²) < 4.78 is 0. The fraction of sp³-hybridized carbons (Fsp3) is 0.481. The first-order valence-electron chi connectivity index (χ1n) is 11.9. The second-order valence-electron chi connectivity index (χ2n) is 9.98. The normalized spacial score (nSPS) is 16.6. The van der Waals surface area contributed by atoms with E-state index in [4.69, 9.17) is 0 Å². The van der Waals surface area contributed by atoms with Crippen molar-refractivity contribution in [1.29, 1.82) is 0 Å². The van der Waals surface area contributed by atoms with Gasteiger partial charge in [0.25, 0.3) is 0 Å². The number of nitrogens with one attached hydrogen (secondary N) is 2. The average molecular weight is 451 g/mol. The van der Waals surface area contributed by atoms with Crippen LogP contribution in [0.25, 0.3) is 11.1 Å². The topological polar surface area (TPSA) is 64.7 Å². The van der Waals surface area contributed by atoms with Gasteiger partial charge in [0, 0.05) is 18.6 Å². The number of nitrogens with zero attached hydrogens (tertiary/aromatic N) is 2. The van der Waals surface area contributed by atoms with Crippen molar-refractivity contribution in [3.05, 3.63) is 60.2 Å². The third kappa shape index (κ3) is 8.30. The van der Waals surface area contributed by atoms with E-state index in [-0.39, 0.29) is 23.4 Å². The molecule has 1 unspecified atom stereocenters. The molecule has 1 heterocycles. The standard InChI is InChI=1S/C27H38N4O2/c1-21(22-11-13-24(14-12-22)23-9-6-5-7-10-23)28-25(32)19-30-15-8-16-31(18-17-30)20-26(33)29-27(2,3)4/h5-7,9-14,21H,8,15-20H2,1-4H3,(H,28,32)(H,29,33). The van der Waals surface area contributed by atoms with Crippen molar-refractivity contribution >= 4 is 11.8 Å². The van der Waals surface area contributed by atoms with Gasteiger partial charge in [0.2, 0.25) is 11.8 Å². The van der Waals surface area contributed by atoms with E-state index in [1.807, 2.05) is 45.9 Å². The Balaban J connectivity index is 1.45. The van der Waals surface area contributed by atoms with Crippen molar-refractivity contribution in [2.24, 2.45) is 0 Å². The maximum Gasteiger partial charge on any atom is 0.234 e. The Morgan fingerprint density at radius 1 is 0.818 bits per heavy atom. The number of carbonyl (C=O) groups is 2. The van der Waals surface area contributed by atoms with Crippen LogP contribution in [-0.4, -0.2) is 66.4 Å². The third-order valence-corrected chi connectivity index (χ3v) is 5.83. The highest BCUT2D eigenvalue weighted by Gasteiger charge is 2.21. The molecule has 1 atom stereocenters. The second kappa shape index (κ2) is 11.4. The predicted octanol–water partition coefficient (Wildman–Crippen LogP) is 3.45. The van der Waals surface area contributed by atoms with Gasteiger partial charge in [-0.25, -0.2) is 0 Å². The smallest absolute Gasteiger partial charge is 0.234 e. The Hall–Kier alpha value is -2.70. The fourth-order valence-corrected chi connectivity index (χ4v) is 4.17. The highest BCUT2D eigenvalue weighted by atomic mass is 16.2. The number of carbonyl (C=O) groups excluding carboxylic acids is 2. The first-order chi connectivity index (χ1) is 15.7. The van der Waals surface area contributed by atoms with E-state index >= 15 is 0 Å². The summed E-state index contributed by atoms with van der Waals surface area (Å²) in [6.07, 6.45) is 0.951. The Morgan fingerprint density at radius 3 is 1.94 bits per heavy atom. The molecule has 3 rings (SSSR count). The van der Waals surface area contributed by atoms with Crippen molar-refractivity contribution in [3.8, 4) is 11.1 Å². The monoisotopic (exact) mass is 450 g/mol. The summed E-state index contributed by atoms with van der Waals surface area (Å²) in [5, 5.41) is 6.16. The average Bonchev–Trinajstić information content (AvgIpc) is 2.98. The molecule has 33 heavy (non-hydrogen) atoms. The number of rotatable bonds is 7. The van der Waals surface area contributed by atoms with Gasteiger partial charge in [-0.15, -0.1) is 0 Å². The summed E-state index contributed by atoms with van der Waals surface area (Å²) in [5.74, 6) is 0.0920. The number of hydrogen-bond acceptors (Lipinski definition) is 4. The molecule has 1 aliphatic heterocycles. The lowest BCUT2D eigenvalue weighted by Gasteiger charge is -2.25. The predicted molar refractivity (Wildman–Crippen MR) is 134 cm³/mol. The lowest BCUT2D eigenvalue weighted by molar-refractivity contribution is -0.124. The molecule has 1 fully saturated rings. The molecule has 2 aromatic carbocycles. The van der Waals surface area contributed by atoms with Gasteiger partial charge in [-0.3, -0.25) is 19.4 Å². The van der Waals surface area contributed by atoms with Crippen molar-refractivity contribution in [1.82, 2.24) is 20.4 Å². The molecule has 0 spiro atoms. The molecule has 1 saturated heterocycles. The Bertz CT molecular complexity index is 906. The van der Waals surface area contributed by atoms with Crippen LogP contribution in [0.1, 0.15) is 45.7 Å². The zero-order valence-electron chi connectivity index (χ0n) is 20.4. The van der Waals surface area contributed by atoms with Crippen LogP contribution >= 0.6 is 0 Å². The van der Waals surface area contributed by atoms with Gasteiger partial charge in [-0.1, -0.05) is 54.6 Å². The summed E-state index contributed by atoms with van der Waals surface area (Å²) >= 11 is 0. The van der Waals surface area contributed by atoms with Crippen LogP contribution < -0.4 is 10.6 Å². The van der Waals surface area contributed by atoms with Crippen LogP contribution in [0.2, 0.25) is 0 Å². The summed E-state index contributed by atoms with van der Waals surface area (Å²) in [7, 11) is 0. The van der Waals surface area contributed by atoms with Crippen LogP contribution in [0.15, 0.2) is 54.6 Å². The van der Waals surface area contributed by atoms with Crippen molar-refractivity contribution in [3.63, 3.8) is 0 Å². The zero-order valence-corrected chi connectivity index (χ0v) is 20.4. The van der Waals surface area contributed by atoms with Crippen molar-refractivity contribution < 1.29 is 9.59 Å². The van der Waals surface area contributed by atoms with E-state index in [2.05, 4.69) is 56.8 Å². The number of hydrogen-bond donors (Lipinski definition) is 2.